The molecule has 0 saturated carbocycles. The van der Waals surface area contributed by atoms with Gasteiger partial charge in [-0.3, -0.25) is 14.9 Å². The molecule has 0 fully saturated rings. The van der Waals surface area contributed by atoms with Crippen molar-refractivity contribution in [3.05, 3.63) is 42.2 Å². The Morgan fingerprint density at radius 1 is 1.29 bits per heavy atom. The number of rotatable bonds is 5. The predicted molar refractivity (Wildman–Crippen MR) is 72.0 cm³/mol. The van der Waals surface area contributed by atoms with E-state index >= 15 is 0 Å². The van der Waals surface area contributed by atoms with Crippen molar-refractivity contribution in [1.82, 2.24) is 40.9 Å². The molecule has 3 aromatic heterocycles. The van der Waals surface area contributed by atoms with Gasteiger partial charge in [-0.1, -0.05) is 0 Å². The molecular formula is C12H12N8O. The lowest BCUT2D eigenvalue weighted by Gasteiger charge is -1.99. The molecule has 0 aliphatic rings. The molecule has 0 bridgehead atoms. The number of aromatic amines is 2. The van der Waals surface area contributed by atoms with Gasteiger partial charge < -0.3 is 5.32 Å². The molecule has 0 aliphatic heterocycles. The van der Waals surface area contributed by atoms with Gasteiger partial charge in [-0.05, 0) is 12.1 Å². The smallest absolute Gasteiger partial charge is 0.273 e. The summed E-state index contributed by atoms with van der Waals surface area (Å²) < 4.78 is 0. The lowest BCUT2D eigenvalue weighted by Crippen LogP contribution is -2.26. The van der Waals surface area contributed by atoms with Gasteiger partial charge in [0.05, 0.1) is 6.20 Å². The lowest BCUT2D eigenvalue weighted by molar-refractivity contribution is 0.0949. The lowest BCUT2D eigenvalue weighted by atomic mass is 10.3. The SMILES string of the molecule is O=C(NCCc1nc(-c2cccnc2)n[nH]1)c1cn[nH]n1. The fraction of sp³-hybridized carbons (Fsp3) is 0.167. The zero-order chi connectivity index (χ0) is 14.5. The maximum Gasteiger partial charge on any atom is 0.273 e. The number of nitrogens with one attached hydrogen (secondary N) is 3. The van der Waals surface area contributed by atoms with E-state index in [2.05, 4.69) is 40.9 Å². The monoisotopic (exact) mass is 284 g/mol. The van der Waals surface area contributed by atoms with Crippen LogP contribution in [0.2, 0.25) is 0 Å². The van der Waals surface area contributed by atoms with E-state index in [0.717, 1.165) is 5.56 Å². The van der Waals surface area contributed by atoms with E-state index in [-0.39, 0.29) is 11.6 Å². The molecular weight excluding hydrogens is 272 g/mol. The first-order valence-corrected chi connectivity index (χ1v) is 6.28. The first kappa shape index (κ1) is 12.9. The predicted octanol–water partition coefficient (Wildman–Crippen LogP) is -0.0427. The maximum absolute atomic E-state index is 11.6. The van der Waals surface area contributed by atoms with E-state index in [1.807, 2.05) is 12.1 Å². The molecule has 0 radical (unpaired) electrons. The molecule has 9 heteroatoms. The molecule has 0 spiro atoms. The van der Waals surface area contributed by atoms with Crippen molar-refractivity contribution in [2.75, 3.05) is 6.54 Å². The first-order valence-electron chi connectivity index (χ1n) is 6.28. The van der Waals surface area contributed by atoms with Crippen LogP contribution in [0.1, 0.15) is 16.3 Å². The summed E-state index contributed by atoms with van der Waals surface area (Å²) in [5.41, 5.74) is 1.09. The van der Waals surface area contributed by atoms with E-state index in [1.54, 1.807) is 12.4 Å². The molecule has 3 heterocycles. The fourth-order valence-electron chi connectivity index (χ4n) is 1.73. The quantitative estimate of drug-likeness (QED) is 0.603. The van der Waals surface area contributed by atoms with Crippen LogP contribution < -0.4 is 5.32 Å². The van der Waals surface area contributed by atoms with Crippen molar-refractivity contribution >= 4 is 5.91 Å². The summed E-state index contributed by atoms with van der Waals surface area (Å²) in [5.74, 6) is 0.992. The van der Waals surface area contributed by atoms with E-state index in [9.17, 15) is 4.79 Å². The zero-order valence-corrected chi connectivity index (χ0v) is 10.9. The van der Waals surface area contributed by atoms with Crippen LogP contribution in [0.4, 0.5) is 0 Å². The average molecular weight is 284 g/mol. The van der Waals surface area contributed by atoms with Crippen LogP contribution in [0.5, 0.6) is 0 Å². The molecule has 0 atom stereocenters. The summed E-state index contributed by atoms with van der Waals surface area (Å²) in [6.07, 6.45) is 5.29. The van der Waals surface area contributed by atoms with Gasteiger partial charge in [0, 0.05) is 30.9 Å². The number of pyridine rings is 1. The van der Waals surface area contributed by atoms with Crippen LogP contribution in [0, 0.1) is 0 Å². The molecule has 0 aromatic carbocycles. The molecule has 0 unspecified atom stereocenters. The van der Waals surface area contributed by atoms with Gasteiger partial charge in [-0.2, -0.15) is 20.5 Å². The number of H-pyrrole nitrogens is 2. The van der Waals surface area contributed by atoms with Gasteiger partial charge in [0.2, 0.25) is 0 Å². The Hall–Kier alpha value is -3.10. The number of carbonyl (C=O) groups excluding carboxylic acids is 1. The fourth-order valence-corrected chi connectivity index (χ4v) is 1.73. The summed E-state index contributed by atoms with van der Waals surface area (Å²) in [7, 11) is 0. The number of hydrogen-bond donors (Lipinski definition) is 3. The van der Waals surface area contributed by atoms with Crippen LogP contribution in [-0.4, -0.2) is 48.0 Å². The Morgan fingerprint density at radius 3 is 3.00 bits per heavy atom. The number of amides is 1. The summed E-state index contributed by atoms with van der Waals surface area (Å²) in [6, 6.07) is 3.70. The Labute approximate surface area is 119 Å². The second-order valence-corrected chi connectivity index (χ2v) is 4.21. The Bertz CT molecular complexity index is 706. The highest BCUT2D eigenvalue weighted by molar-refractivity contribution is 5.91. The number of carbonyl (C=O) groups is 1. The average Bonchev–Trinajstić information content (AvgIpc) is 3.20. The van der Waals surface area contributed by atoms with Crippen molar-refractivity contribution in [2.45, 2.75) is 6.42 Å². The third-order valence-electron chi connectivity index (χ3n) is 2.75. The standard InChI is InChI=1S/C12H12N8O/c21-12(9-7-15-20-17-9)14-5-3-10-16-11(19-18-10)8-2-1-4-13-6-8/h1-2,4,6-7H,3,5H2,(H,14,21)(H,15,17,20)(H,16,18,19). The van der Waals surface area contributed by atoms with Gasteiger partial charge in [-0.25, -0.2) is 4.98 Å². The number of hydrogen-bond acceptors (Lipinski definition) is 6. The second kappa shape index (κ2) is 5.90. The topological polar surface area (TPSA) is 125 Å². The third-order valence-corrected chi connectivity index (χ3v) is 2.75. The van der Waals surface area contributed by atoms with Gasteiger partial charge in [0.1, 0.15) is 5.82 Å². The molecule has 3 aromatic rings. The van der Waals surface area contributed by atoms with Crippen molar-refractivity contribution in [2.24, 2.45) is 0 Å². The van der Waals surface area contributed by atoms with Crippen molar-refractivity contribution in [3.63, 3.8) is 0 Å². The van der Waals surface area contributed by atoms with Gasteiger partial charge in [0.25, 0.3) is 5.91 Å². The van der Waals surface area contributed by atoms with Gasteiger partial charge >= 0.3 is 0 Å². The Balaban J connectivity index is 1.55. The van der Waals surface area contributed by atoms with Crippen LogP contribution in [0.3, 0.4) is 0 Å². The number of aromatic nitrogens is 7. The normalized spacial score (nSPS) is 10.5. The van der Waals surface area contributed by atoms with Crippen LogP contribution in [0.15, 0.2) is 30.7 Å². The van der Waals surface area contributed by atoms with E-state index in [1.165, 1.54) is 6.20 Å². The molecule has 0 aliphatic carbocycles. The molecule has 9 nitrogen and oxygen atoms in total. The molecule has 21 heavy (non-hydrogen) atoms. The minimum absolute atomic E-state index is 0.253. The maximum atomic E-state index is 11.6. The largest absolute Gasteiger partial charge is 0.350 e. The Morgan fingerprint density at radius 2 is 2.24 bits per heavy atom. The number of nitrogens with zero attached hydrogens (tertiary/aromatic N) is 5. The molecule has 106 valence electrons. The minimum atomic E-state index is -0.282. The highest BCUT2D eigenvalue weighted by Crippen LogP contribution is 2.11. The zero-order valence-electron chi connectivity index (χ0n) is 10.9. The van der Waals surface area contributed by atoms with Crippen LogP contribution in [-0.2, 0) is 6.42 Å². The molecule has 1 amide bonds. The van der Waals surface area contributed by atoms with Gasteiger partial charge in [0.15, 0.2) is 11.5 Å². The minimum Gasteiger partial charge on any atom is -0.350 e. The van der Waals surface area contributed by atoms with Crippen molar-refractivity contribution in [3.8, 4) is 11.4 Å². The summed E-state index contributed by atoms with van der Waals surface area (Å²) in [4.78, 5) is 20.0. The third kappa shape index (κ3) is 3.08. The van der Waals surface area contributed by atoms with Gasteiger partial charge in [-0.15, -0.1) is 0 Å². The second-order valence-electron chi connectivity index (χ2n) is 4.21. The van der Waals surface area contributed by atoms with E-state index in [0.29, 0.717) is 24.6 Å². The van der Waals surface area contributed by atoms with E-state index < -0.39 is 0 Å². The summed E-state index contributed by atoms with van der Waals surface area (Å²) in [5, 5.41) is 19.3. The Kier molecular flexibility index (Phi) is 3.63. The van der Waals surface area contributed by atoms with Crippen molar-refractivity contribution in [1.29, 1.82) is 0 Å². The van der Waals surface area contributed by atoms with Crippen LogP contribution in [0.25, 0.3) is 11.4 Å². The highest BCUT2D eigenvalue weighted by Gasteiger charge is 2.09. The molecule has 0 saturated heterocycles. The van der Waals surface area contributed by atoms with E-state index in [4.69, 9.17) is 0 Å². The van der Waals surface area contributed by atoms with Crippen LogP contribution >= 0.6 is 0 Å². The first-order chi connectivity index (χ1) is 10.3. The summed E-state index contributed by atoms with van der Waals surface area (Å²) >= 11 is 0. The highest BCUT2D eigenvalue weighted by atomic mass is 16.1. The molecule has 3 N–H and O–H groups in total. The van der Waals surface area contributed by atoms with Crippen molar-refractivity contribution < 1.29 is 4.79 Å². The summed E-state index contributed by atoms with van der Waals surface area (Å²) in [6.45, 7) is 0.424. The molecule has 3 rings (SSSR count).